The molecule has 0 saturated carbocycles. The number of rotatable bonds is 2. The van der Waals surface area contributed by atoms with Crippen LogP contribution in [0.15, 0.2) is 42.5 Å². The van der Waals surface area contributed by atoms with Crippen LogP contribution < -0.4 is 11.1 Å². The summed E-state index contributed by atoms with van der Waals surface area (Å²) in [6.07, 6.45) is 0. The van der Waals surface area contributed by atoms with Crippen molar-refractivity contribution in [2.24, 2.45) is 0 Å². The summed E-state index contributed by atoms with van der Waals surface area (Å²) >= 11 is 5.71. The Labute approximate surface area is 108 Å². The number of nitrogens with one attached hydrogen (secondary N) is 1. The van der Waals surface area contributed by atoms with Gasteiger partial charge in [0.25, 0.3) is 5.91 Å². The van der Waals surface area contributed by atoms with Gasteiger partial charge >= 0.3 is 0 Å². The molecule has 0 aliphatic rings. The van der Waals surface area contributed by atoms with Crippen LogP contribution in [0, 0.1) is 5.82 Å². The zero-order valence-electron chi connectivity index (χ0n) is 9.28. The van der Waals surface area contributed by atoms with Gasteiger partial charge in [0, 0.05) is 16.3 Å². The molecule has 18 heavy (non-hydrogen) atoms. The number of nitrogen functional groups attached to an aromatic ring is 1. The largest absolute Gasteiger partial charge is 0.399 e. The van der Waals surface area contributed by atoms with Crippen LogP contribution in [0.3, 0.4) is 0 Å². The average Bonchev–Trinajstić information content (AvgIpc) is 2.33. The summed E-state index contributed by atoms with van der Waals surface area (Å²) < 4.78 is 13.5. The van der Waals surface area contributed by atoms with E-state index in [9.17, 15) is 9.18 Å². The van der Waals surface area contributed by atoms with E-state index in [0.29, 0.717) is 16.3 Å². The van der Waals surface area contributed by atoms with Gasteiger partial charge in [-0.15, -0.1) is 0 Å². The predicted molar refractivity (Wildman–Crippen MR) is 70.2 cm³/mol. The monoisotopic (exact) mass is 264 g/mol. The highest BCUT2D eigenvalue weighted by atomic mass is 35.5. The van der Waals surface area contributed by atoms with Crippen molar-refractivity contribution < 1.29 is 9.18 Å². The van der Waals surface area contributed by atoms with E-state index in [1.807, 2.05) is 0 Å². The van der Waals surface area contributed by atoms with Crippen LogP contribution in [-0.2, 0) is 0 Å². The summed E-state index contributed by atoms with van der Waals surface area (Å²) in [4.78, 5) is 11.8. The van der Waals surface area contributed by atoms with E-state index < -0.39 is 11.7 Å². The lowest BCUT2D eigenvalue weighted by Crippen LogP contribution is -2.12. The molecular formula is C13H10ClFN2O. The average molecular weight is 265 g/mol. The zero-order chi connectivity index (χ0) is 13.1. The molecule has 0 heterocycles. The fourth-order valence-corrected chi connectivity index (χ4v) is 1.55. The van der Waals surface area contributed by atoms with E-state index >= 15 is 0 Å². The zero-order valence-corrected chi connectivity index (χ0v) is 10.0. The Hall–Kier alpha value is -2.07. The lowest BCUT2D eigenvalue weighted by molar-refractivity contribution is 0.102. The number of hydrogen-bond donors (Lipinski definition) is 2. The van der Waals surface area contributed by atoms with Crippen molar-refractivity contribution in [3.8, 4) is 0 Å². The fourth-order valence-electron chi connectivity index (χ4n) is 1.43. The number of hydrogen-bond acceptors (Lipinski definition) is 2. The molecule has 0 aliphatic carbocycles. The first-order chi connectivity index (χ1) is 8.56. The van der Waals surface area contributed by atoms with E-state index in [1.165, 1.54) is 12.1 Å². The second kappa shape index (κ2) is 5.06. The Bertz CT molecular complexity index is 584. The van der Waals surface area contributed by atoms with E-state index in [-0.39, 0.29) is 5.69 Å². The van der Waals surface area contributed by atoms with E-state index in [2.05, 4.69) is 5.32 Å². The number of anilines is 2. The number of benzene rings is 2. The third-order valence-electron chi connectivity index (χ3n) is 2.35. The van der Waals surface area contributed by atoms with E-state index in [4.69, 9.17) is 17.3 Å². The van der Waals surface area contributed by atoms with Crippen molar-refractivity contribution in [3.05, 3.63) is 58.9 Å². The van der Waals surface area contributed by atoms with Gasteiger partial charge in [0.05, 0.1) is 5.69 Å². The minimum absolute atomic E-state index is 0.0872. The number of carbonyl (C=O) groups is 1. The summed E-state index contributed by atoms with van der Waals surface area (Å²) in [6, 6.07) is 10.4. The number of halogens is 2. The van der Waals surface area contributed by atoms with Crippen molar-refractivity contribution in [1.82, 2.24) is 0 Å². The molecule has 0 bridgehead atoms. The van der Waals surface area contributed by atoms with Crippen LogP contribution in [0.2, 0.25) is 5.02 Å². The lowest BCUT2D eigenvalue weighted by Gasteiger charge is -2.07. The van der Waals surface area contributed by atoms with Crippen LogP contribution in [0.5, 0.6) is 0 Å². The molecule has 0 spiro atoms. The summed E-state index contributed by atoms with van der Waals surface area (Å²) in [6.45, 7) is 0. The van der Waals surface area contributed by atoms with Crippen LogP contribution in [-0.4, -0.2) is 5.91 Å². The Kier molecular flexibility index (Phi) is 3.48. The van der Waals surface area contributed by atoms with Crippen molar-refractivity contribution >= 4 is 28.9 Å². The molecule has 5 heteroatoms. The topological polar surface area (TPSA) is 55.1 Å². The standard InChI is InChI=1S/C13H10ClFN2O/c14-9-3-1-8(2-4-9)13(18)17-12-6-5-10(16)7-11(12)15/h1-7H,16H2,(H,17,18). The Balaban J connectivity index is 2.18. The van der Waals surface area contributed by atoms with Crippen molar-refractivity contribution in [2.75, 3.05) is 11.1 Å². The third-order valence-corrected chi connectivity index (χ3v) is 2.60. The molecule has 2 aromatic carbocycles. The molecule has 92 valence electrons. The highest BCUT2D eigenvalue weighted by Crippen LogP contribution is 2.18. The van der Waals surface area contributed by atoms with Gasteiger partial charge in [0.15, 0.2) is 0 Å². The highest BCUT2D eigenvalue weighted by molar-refractivity contribution is 6.30. The van der Waals surface area contributed by atoms with Gasteiger partial charge in [0.2, 0.25) is 0 Å². The quantitative estimate of drug-likeness (QED) is 0.818. The van der Waals surface area contributed by atoms with Crippen LogP contribution >= 0.6 is 11.6 Å². The summed E-state index contributed by atoms with van der Waals surface area (Å²) in [5.74, 6) is -0.979. The van der Waals surface area contributed by atoms with Crippen LogP contribution in [0.1, 0.15) is 10.4 Å². The van der Waals surface area contributed by atoms with E-state index in [0.717, 1.165) is 6.07 Å². The Morgan fingerprint density at radius 2 is 1.83 bits per heavy atom. The molecule has 0 fully saturated rings. The van der Waals surface area contributed by atoms with Gasteiger partial charge in [-0.2, -0.15) is 0 Å². The third kappa shape index (κ3) is 2.78. The minimum atomic E-state index is -0.572. The molecule has 2 aromatic rings. The van der Waals surface area contributed by atoms with Gasteiger partial charge in [-0.1, -0.05) is 11.6 Å². The van der Waals surface area contributed by atoms with Crippen molar-refractivity contribution in [2.45, 2.75) is 0 Å². The molecule has 2 rings (SSSR count). The van der Waals surface area contributed by atoms with Crippen molar-refractivity contribution in [1.29, 1.82) is 0 Å². The first-order valence-electron chi connectivity index (χ1n) is 5.18. The molecule has 0 aromatic heterocycles. The van der Waals surface area contributed by atoms with Crippen LogP contribution in [0.25, 0.3) is 0 Å². The smallest absolute Gasteiger partial charge is 0.255 e. The fraction of sp³-hybridized carbons (Fsp3) is 0. The molecule has 3 N–H and O–H groups in total. The second-order valence-corrected chi connectivity index (χ2v) is 4.14. The van der Waals surface area contributed by atoms with Crippen LogP contribution in [0.4, 0.5) is 15.8 Å². The maximum absolute atomic E-state index is 13.5. The van der Waals surface area contributed by atoms with Gasteiger partial charge in [-0.05, 0) is 42.5 Å². The van der Waals surface area contributed by atoms with Gasteiger partial charge in [-0.3, -0.25) is 4.79 Å². The minimum Gasteiger partial charge on any atom is -0.399 e. The molecule has 0 aliphatic heterocycles. The van der Waals surface area contributed by atoms with Gasteiger partial charge < -0.3 is 11.1 Å². The maximum Gasteiger partial charge on any atom is 0.255 e. The Morgan fingerprint density at radius 3 is 2.44 bits per heavy atom. The molecule has 0 unspecified atom stereocenters. The first kappa shape index (κ1) is 12.4. The lowest BCUT2D eigenvalue weighted by atomic mass is 10.2. The summed E-state index contributed by atoms with van der Waals surface area (Å²) in [5.41, 5.74) is 6.21. The second-order valence-electron chi connectivity index (χ2n) is 3.70. The number of amides is 1. The molecule has 0 radical (unpaired) electrons. The Morgan fingerprint density at radius 1 is 1.17 bits per heavy atom. The van der Waals surface area contributed by atoms with E-state index in [1.54, 1.807) is 24.3 Å². The van der Waals surface area contributed by atoms with Crippen molar-refractivity contribution in [3.63, 3.8) is 0 Å². The molecule has 0 saturated heterocycles. The molecule has 1 amide bonds. The molecular weight excluding hydrogens is 255 g/mol. The van der Waals surface area contributed by atoms with Gasteiger partial charge in [-0.25, -0.2) is 4.39 Å². The highest BCUT2D eigenvalue weighted by Gasteiger charge is 2.09. The summed E-state index contributed by atoms with van der Waals surface area (Å²) in [7, 11) is 0. The van der Waals surface area contributed by atoms with Gasteiger partial charge in [0.1, 0.15) is 5.82 Å². The SMILES string of the molecule is Nc1ccc(NC(=O)c2ccc(Cl)cc2)c(F)c1. The predicted octanol–water partition coefficient (Wildman–Crippen LogP) is 3.31. The first-order valence-corrected chi connectivity index (χ1v) is 5.56. The molecule has 3 nitrogen and oxygen atoms in total. The maximum atomic E-state index is 13.5. The summed E-state index contributed by atoms with van der Waals surface area (Å²) in [5, 5.41) is 2.99. The number of nitrogens with two attached hydrogens (primary N) is 1. The molecule has 0 atom stereocenters. The number of carbonyl (C=O) groups excluding carboxylic acids is 1. The normalized spacial score (nSPS) is 10.1.